The maximum absolute atomic E-state index is 5.05. The van der Waals surface area contributed by atoms with Crippen LogP contribution in [0.4, 0.5) is 0 Å². The lowest BCUT2D eigenvalue weighted by atomic mass is 10.5. The summed E-state index contributed by atoms with van der Waals surface area (Å²) in [6.07, 6.45) is 5.00. The van der Waals surface area contributed by atoms with Crippen molar-refractivity contribution in [2.24, 2.45) is 0 Å². The van der Waals surface area contributed by atoms with Gasteiger partial charge in [-0.15, -0.1) is 0 Å². The molecule has 0 aromatic rings. The first kappa shape index (κ1) is 4.01. The van der Waals surface area contributed by atoms with Crippen LogP contribution in [0, 0.1) is 0 Å². The summed E-state index contributed by atoms with van der Waals surface area (Å²) in [5, 5.41) is 0. The van der Waals surface area contributed by atoms with Crippen molar-refractivity contribution in [2.75, 3.05) is 6.79 Å². The smallest absolute Gasteiger partial charge is 0.231 e. The van der Waals surface area contributed by atoms with Crippen molar-refractivity contribution in [2.45, 2.75) is 6.42 Å². The molecule has 1 aliphatic heterocycles. The van der Waals surface area contributed by atoms with Gasteiger partial charge in [-0.1, -0.05) is 0 Å². The van der Waals surface area contributed by atoms with Gasteiger partial charge in [0.2, 0.25) is 6.79 Å². The van der Waals surface area contributed by atoms with Crippen molar-refractivity contribution >= 4 is 0 Å². The van der Waals surface area contributed by atoms with Gasteiger partial charge < -0.3 is 9.47 Å². The Balaban J connectivity index is 2.37. The normalized spacial score (nSPS) is 23.0. The number of hydrogen-bond donors (Lipinski definition) is 0. The van der Waals surface area contributed by atoms with Gasteiger partial charge in [-0.25, -0.2) is 0 Å². The van der Waals surface area contributed by atoms with E-state index in [1.54, 1.807) is 0 Å². The third kappa shape index (κ3) is 0.372. The first-order valence-corrected chi connectivity index (χ1v) is 2.63. The largest absolute Gasteiger partial charge is 0.454 e. The van der Waals surface area contributed by atoms with Gasteiger partial charge in [0, 0.05) is 0 Å². The zero-order valence-corrected chi connectivity index (χ0v) is 4.39. The van der Waals surface area contributed by atoms with Crippen LogP contribution in [0.1, 0.15) is 6.42 Å². The van der Waals surface area contributed by atoms with Crippen LogP contribution in [-0.4, -0.2) is 6.79 Å². The second-order valence-electron chi connectivity index (χ2n) is 1.78. The molecule has 0 saturated carbocycles. The Morgan fingerprint density at radius 3 is 2.38 bits per heavy atom. The van der Waals surface area contributed by atoms with Gasteiger partial charge >= 0.3 is 0 Å². The lowest BCUT2D eigenvalue weighted by Crippen LogP contribution is -1.77. The first-order chi connectivity index (χ1) is 3.97. The summed E-state index contributed by atoms with van der Waals surface area (Å²) in [5.41, 5.74) is 0. The molecule has 42 valence electrons. The zero-order valence-electron chi connectivity index (χ0n) is 4.39. The van der Waals surface area contributed by atoms with Crippen LogP contribution < -0.4 is 0 Å². The molecule has 2 aliphatic rings. The molecule has 0 radical (unpaired) electrons. The van der Waals surface area contributed by atoms with Crippen LogP contribution in [-0.2, 0) is 9.47 Å². The lowest BCUT2D eigenvalue weighted by Gasteiger charge is -1.85. The Morgan fingerprint density at radius 1 is 1.12 bits per heavy atom. The molecule has 0 spiro atoms. The third-order valence-electron chi connectivity index (χ3n) is 1.28. The fraction of sp³-hybridized carbons (Fsp3) is 0.333. The van der Waals surface area contributed by atoms with Crippen LogP contribution in [0.2, 0.25) is 0 Å². The minimum Gasteiger partial charge on any atom is -0.454 e. The van der Waals surface area contributed by atoms with Crippen LogP contribution >= 0.6 is 0 Å². The zero-order chi connectivity index (χ0) is 5.40. The number of rotatable bonds is 0. The highest BCUT2D eigenvalue weighted by Gasteiger charge is 2.18. The summed E-state index contributed by atoms with van der Waals surface area (Å²) in [6, 6.07) is 0. The standard InChI is InChI=1S/C6H6O2/c1-2-5-6(3-1)8-4-7-5/h2-3H,1,4H2. The average Bonchev–Trinajstić information content (AvgIpc) is 2.15. The fourth-order valence-electron chi connectivity index (χ4n) is 0.891. The van der Waals surface area contributed by atoms with E-state index in [0.717, 1.165) is 17.9 Å². The van der Waals surface area contributed by atoms with Crippen molar-refractivity contribution in [3.63, 3.8) is 0 Å². The van der Waals surface area contributed by atoms with Crippen molar-refractivity contribution in [3.8, 4) is 0 Å². The van der Waals surface area contributed by atoms with Gasteiger partial charge in [0.25, 0.3) is 0 Å². The topological polar surface area (TPSA) is 18.5 Å². The molecule has 0 aromatic heterocycles. The second-order valence-corrected chi connectivity index (χ2v) is 1.78. The summed E-state index contributed by atoms with van der Waals surface area (Å²) < 4.78 is 10.1. The molecule has 0 bridgehead atoms. The van der Waals surface area contributed by atoms with Crippen LogP contribution in [0.15, 0.2) is 23.7 Å². The molecular weight excluding hydrogens is 104 g/mol. The molecule has 0 aromatic carbocycles. The number of ether oxygens (including phenoxy) is 2. The predicted molar refractivity (Wildman–Crippen MR) is 27.8 cm³/mol. The summed E-state index contributed by atoms with van der Waals surface area (Å²) in [4.78, 5) is 0. The van der Waals surface area contributed by atoms with Crippen molar-refractivity contribution in [1.82, 2.24) is 0 Å². The van der Waals surface area contributed by atoms with E-state index < -0.39 is 0 Å². The minimum absolute atomic E-state index is 0.400. The summed E-state index contributed by atoms with van der Waals surface area (Å²) >= 11 is 0. The van der Waals surface area contributed by atoms with Crippen molar-refractivity contribution in [3.05, 3.63) is 23.7 Å². The molecule has 8 heavy (non-hydrogen) atoms. The maximum Gasteiger partial charge on any atom is 0.231 e. The average molecular weight is 110 g/mol. The van der Waals surface area contributed by atoms with E-state index in [-0.39, 0.29) is 0 Å². The van der Waals surface area contributed by atoms with Crippen LogP contribution in [0.3, 0.4) is 0 Å². The first-order valence-electron chi connectivity index (χ1n) is 2.63. The van der Waals surface area contributed by atoms with E-state index in [4.69, 9.17) is 9.47 Å². The highest BCUT2D eigenvalue weighted by Crippen LogP contribution is 2.26. The molecule has 0 amide bonds. The van der Waals surface area contributed by atoms with Gasteiger partial charge in [-0.3, -0.25) is 0 Å². The predicted octanol–water partition coefficient (Wildman–Crippen LogP) is 1.16. The van der Waals surface area contributed by atoms with Crippen LogP contribution in [0.5, 0.6) is 0 Å². The van der Waals surface area contributed by atoms with E-state index in [1.807, 2.05) is 12.2 Å². The van der Waals surface area contributed by atoms with E-state index in [0.29, 0.717) is 6.79 Å². The molecule has 0 atom stereocenters. The van der Waals surface area contributed by atoms with Crippen molar-refractivity contribution in [1.29, 1.82) is 0 Å². The Kier molecular flexibility index (Phi) is 0.640. The summed E-state index contributed by atoms with van der Waals surface area (Å²) in [7, 11) is 0. The Hall–Kier alpha value is -0.920. The Morgan fingerprint density at radius 2 is 1.75 bits per heavy atom. The number of fused-ring (bicyclic) bond motifs is 1. The minimum atomic E-state index is 0.400. The highest BCUT2D eigenvalue weighted by molar-refractivity contribution is 5.29. The van der Waals surface area contributed by atoms with Gasteiger partial charge in [0.1, 0.15) is 0 Å². The molecule has 1 saturated heterocycles. The Bertz CT molecular complexity index is 149. The Labute approximate surface area is 47.4 Å². The molecule has 1 aliphatic carbocycles. The van der Waals surface area contributed by atoms with Gasteiger partial charge in [0.15, 0.2) is 11.5 Å². The highest BCUT2D eigenvalue weighted by atomic mass is 16.7. The molecule has 1 heterocycles. The molecule has 0 N–H and O–H groups in total. The molecule has 2 rings (SSSR count). The maximum atomic E-state index is 5.05. The van der Waals surface area contributed by atoms with Gasteiger partial charge in [-0.2, -0.15) is 0 Å². The van der Waals surface area contributed by atoms with Crippen LogP contribution in [0.25, 0.3) is 0 Å². The number of hydrogen-bond acceptors (Lipinski definition) is 2. The third-order valence-corrected chi connectivity index (χ3v) is 1.28. The molecular formula is C6H6O2. The summed E-state index contributed by atoms with van der Waals surface area (Å²) in [5.74, 6) is 1.84. The fourth-order valence-corrected chi connectivity index (χ4v) is 0.891. The number of allylic oxidation sites excluding steroid dienone is 2. The molecule has 1 fully saturated rings. The quantitative estimate of drug-likeness (QED) is 0.466. The molecule has 2 nitrogen and oxygen atoms in total. The van der Waals surface area contributed by atoms with E-state index in [2.05, 4.69) is 0 Å². The van der Waals surface area contributed by atoms with E-state index in [1.165, 1.54) is 0 Å². The van der Waals surface area contributed by atoms with E-state index in [9.17, 15) is 0 Å². The van der Waals surface area contributed by atoms with Gasteiger partial charge in [0.05, 0.1) is 0 Å². The monoisotopic (exact) mass is 110 g/mol. The molecule has 0 unspecified atom stereocenters. The molecule has 2 heteroatoms. The summed E-state index contributed by atoms with van der Waals surface area (Å²) in [6.45, 7) is 0.400. The van der Waals surface area contributed by atoms with Gasteiger partial charge in [-0.05, 0) is 18.6 Å². The van der Waals surface area contributed by atoms with Crippen molar-refractivity contribution < 1.29 is 9.47 Å². The lowest BCUT2D eigenvalue weighted by molar-refractivity contribution is 0.0964. The SMILES string of the molecule is C1=C2OCOC2=CC1. The second kappa shape index (κ2) is 1.28. The van der Waals surface area contributed by atoms with E-state index >= 15 is 0 Å².